The topological polar surface area (TPSA) is 79.5 Å². The Labute approximate surface area is 207 Å². The predicted octanol–water partition coefficient (Wildman–Crippen LogP) is 4.19. The standard InChI is InChI=1S/C25H34F5N3O3/c1-2-3-21(22(34)23(35)33-18-8-9-18)31-14-19(13-24(27,28)12-16-4-5-16)32-15-25(29,30)36-20-10-6-17(26)7-11-20/h6-7,10-11,16,18-19,21,31-32H,2-5,8-9,12-15H2,1H3,(H,33,35)/t19-,21-/m0/s1. The number of nitrogens with one attached hydrogen (secondary N) is 3. The monoisotopic (exact) mass is 519 g/mol. The molecule has 2 saturated carbocycles. The number of Topliss-reactive ketones (excluding diaryl/α,β-unsaturated/α-hetero) is 1. The molecule has 0 saturated heterocycles. The van der Waals surface area contributed by atoms with Gasteiger partial charge in [0.25, 0.3) is 5.91 Å². The van der Waals surface area contributed by atoms with Crippen molar-refractivity contribution in [3.05, 3.63) is 30.1 Å². The maximum Gasteiger partial charge on any atom is 0.410 e. The number of rotatable bonds is 17. The van der Waals surface area contributed by atoms with Crippen LogP contribution in [0.1, 0.15) is 58.3 Å². The fourth-order valence-electron chi connectivity index (χ4n) is 3.92. The summed E-state index contributed by atoms with van der Waals surface area (Å²) in [5, 5.41) is 7.91. The molecular weight excluding hydrogens is 485 g/mol. The molecule has 0 unspecified atom stereocenters. The quantitative estimate of drug-likeness (QED) is 0.213. The Morgan fingerprint density at radius 1 is 1.06 bits per heavy atom. The van der Waals surface area contributed by atoms with Gasteiger partial charge in [-0.1, -0.05) is 13.3 Å². The molecule has 1 aromatic rings. The number of carbonyl (C=O) groups is 2. The molecule has 6 nitrogen and oxygen atoms in total. The van der Waals surface area contributed by atoms with Gasteiger partial charge in [-0.2, -0.15) is 8.78 Å². The van der Waals surface area contributed by atoms with Gasteiger partial charge in [-0.3, -0.25) is 9.59 Å². The van der Waals surface area contributed by atoms with Crippen molar-refractivity contribution in [2.45, 2.75) is 88.4 Å². The van der Waals surface area contributed by atoms with Crippen LogP contribution in [0.3, 0.4) is 0 Å². The number of ether oxygens (including phenoxy) is 1. The van der Waals surface area contributed by atoms with E-state index in [1.165, 1.54) is 0 Å². The molecule has 2 fully saturated rings. The van der Waals surface area contributed by atoms with E-state index in [1.54, 1.807) is 0 Å². The highest BCUT2D eigenvalue weighted by Crippen LogP contribution is 2.40. The highest BCUT2D eigenvalue weighted by Gasteiger charge is 2.41. The number of hydrogen-bond acceptors (Lipinski definition) is 5. The Hall–Kier alpha value is -2.27. The molecule has 0 radical (unpaired) electrons. The lowest BCUT2D eigenvalue weighted by Crippen LogP contribution is -2.52. The summed E-state index contributed by atoms with van der Waals surface area (Å²) in [6, 6.07) is 1.97. The number of amides is 1. The first-order valence-electron chi connectivity index (χ1n) is 12.5. The van der Waals surface area contributed by atoms with Crippen LogP contribution in [0.5, 0.6) is 5.75 Å². The summed E-state index contributed by atoms with van der Waals surface area (Å²) in [5.74, 6) is -5.47. The Morgan fingerprint density at radius 3 is 2.31 bits per heavy atom. The lowest BCUT2D eigenvalue weighted by atomic mass is 10.0. The van der Waals surface area contributed by atoms with Crippen LogP contribution in [0, 0.1) is 11.7 Å². The van der Waals surface area contributed by atoms with E-state index in [0.717, 1.165) is 49.9 Å². The van der Waals surface area contributed by atoms with E-state index in [0.29, 0.717) is 12.8 Å². The zero-order valence-electron chi connectivity index (χ0n) is 20.3. The van der Waals surface area contributed by atoms with Crippen LogP contribution >= 0.6 is 0 Å². The molecule has 2 aliphatic rings. The van der Waals surface area contributed by atoms with Crippen LogP contribution in [-0.4, -0.2) is 54.9 Å². The second kappa shape index (κ2) is 12.3. The van der Waals surface area contributed by atoms with Gasteiger partial charge in [0, 0.05) is 31.5 Å². The van der Waals surface area contributed by atoms with Crippen molar-refractivity contribution >= 4 is 11.7 Å². The third kappa shape index (κ3) is 10.0. The molecule has 3 rings (SSSR count). The molecule has 36 heavy (non-hydrogen) atoms. The normalized spacial score (nSPS) is 17.9. The second-order valence-electron chi connectivity index (χ2n) is 9.84. The van der Waals surface area contributed by atoms with Crippen LogP contribution in [0.2, 0.25) is 0 Å². The molecule has 0 aromatic heterocycles. The van der Waals surface area contributed by atoms with Gasteiger partial charge in [-0.15, -0.1) is 0 Å². The minimum atomic E-state index is -3.76. The van der Waals surface area contributed by atoms with Crippen molar-refractivity contribution in [2.75, 3.05) is 13.1 Å². The molecule has 0 spiro atoms. The van der Waals surface area contributed by atoms with Crippen molar-refractivity contribution in [3.8, 4) is 5.75 Å². The van der Waals surface area contributed by atoms with Gasteiger partial charge in [-0.05, 0) is 62.3 Å². The van der Waals surface area contributed by atoms with Gasteiger partial charge in [0.05, 0.1) is 6.04 Å². The average Bonchev–Trinajstić information content (AvgIpc) is 3.73. The van der Waals surface area contributed by atoms with Gasteiger partial charge in [0.2, 0.25) is 11.7 Å². The molecule has 0 heterocycles. The maximum absolute atomic E-state index is 14.6. The molecule has 1 aromatic carbocycles. The summed E-state index contributed by atoms with van der Waals surface area (Å²) >= 11 is 0. The van der Waals surface area contributed by atoms with Gasteiger partial charge >= 0.3 is 6.11 Å². The van der Waals surface area contributed by atoms with Gasteiger partial charge in [0.1, 0.15) is 18.1 Å². The molecule has 2 aliphatic carbocycles. The first-order valence-corrected chi connectivity index (χ1v) is 12.5. The number of carbonyl (C=O) groups excluding carboxylic acids is 2. The van der Waals surface area contributed by atoms with E-state index in [2.05, 4.69) is 20.7 Å². The smallest absolute Gasteiger partial charge is 0.410 e. The van der Waals surface area contributed by atoms with E-state index >= 15 is 0 Å². The summed E-state index contributed by atoms with van der Waals surface area (Å²) in [4.78, 5) is 24.8. The molecular formula is C25H34F5N3O3. The van der Waals surface area contributed by atoms with E-state index in [9.17, 15) is 31.5 Å². The molecule has 11 heteroatoms. The summed E-state index contributed by atoms with van der Waals surface area (Å²) in [5.41, 5.74) is 0. The molecule has 3 N–H and O–H groups in total. The lowest BCUT2D eigenvalue weighted by molar-refractivity contribution is -0.173. The SMILES string of the molecule is CCC[C@H](NC[C@H](CC(F)(F)CC1CC1)NCC(F)(F)Oc1ccc(F)cc1)C(=O)C(=O)NC1CC1. The molecule has 2 atom stereocenters. The van der Waals surface area contributed by atoms with E-state index in [-0.39, 0.29) is 30.7 Å². The number of benzene rings is 1. The zero-order chi connectivity index (χ0) is 26.3. The Balaban J connectivity index is 1.61. The van der Waals surface area contributed by atoms with Gasteiger partial charge in [-0.25, -0.2) is 13.2 Å². The summed E-state index contributed by atoms with van der Waals surface area (Å²) < 4.78 is 75.7. The van der Waals surface area contributed by atoms with E-state index < -0.39 is 54.6 Å². The number of halogens is 5. The van der Waals surface area contributed by atoms with Crippen molar-refractivity contribution < 1.29 is 36.3 Å². The fraction of sp³-hybridized carbons (Fsp3) is 0.680. The second-order valence-corrected chi connectivity index (χ2v) is 9.84. The third-order valence-electron chi connectivity index (χ3n) is 6.15. The minimum absolute atomic E-state index is 0.0115. The summed E-state index contributed by atoms with van der Waals surface area (Å²) in [7, 11) is 0. The highest BCUT2D eigenvalue weighted by atomic mass is 19.3. The van der Waals surface area contributed by atoms with Crippen LogP contribution in [-0.2, 0) is 9.59 Å². The number of alkyl halides is 4. The zero-order valence-corrected chi connectivity index (χ0v) is 20.3. The Bertz CT molecular complexity index is 876. The van der Waals surface area contributed by atoms with Crippen molar-refractivity contribution in [1.82, 2.24) is 16.0 Å². The largest absolute Gasteiger partial charge is 0.432 e. The number of ketones is 1. The van der Waals surface area contributed by atoms with Gasteiger partial charge < -0.3 is 20.7 Å². The average molecular weight is 520 g/mol. The first-order chi connectivity index (χ1) is 17.0. The fourth-order valence-corrected chi connectivity index (χ4v) is 3.92. The molecule has 0 bridgehead atoms. The Morgan fingerprint density at radius 2 is 1.72 bits per heavy atom. The maximum atomic E-state index is 14.6. The lowest BCUT2D eigenvalue weighted by Gasteiger charge is -2.28. The van der Waals surface area contributed by atoms with Crippen molar-refractivity contribution in [3.63, 3.8) is 0 Å². The van der Waals surface area contributed by atoms with Gasteiger partial charge in [0.15, 0.2) is 0 Å². The molecule has 0 aliphatic heterocycles. The summed E-state index contributed by atoms with van der Waals surface area (Å²) in [6.07, 6.45) is -0.894. The molecule has 202 valence electrons. The van der Waals surface area contributed by atoms with Crippen LogP contribution < -0.4 is 20.7 Å². The van der Waals surface area contributed by atoms with Crippen LogP contribution in [0.4, 0.5) is 22.0 Å². The van der Waals surface area contributed by atoms with E-state index in [4.69, 9.17) is 0 Å². The Kier molecular flexibility index (Phi) is 9.68. The highest BCUT2D eigenvalue weighted by molar-refractivity contribution is 6.38. The summed E-state index contributed by atoms with van der Waals surface area (Å²) in [6.45, 7) is 0.512. The number of hydrogen-bond donors (Lipinski definition) is 3. The molecule has 1 amide bonds. The first kappa shape index (κ1) is 28.3. The van der Waals surface area contributed by atoms with Crippen molar-refractivity contribution in [1.29, 1.82) is 0 Å². The minimum Gasteiger partial charge on any atom is -0.432 e. The third-order valence-corrected chi connectivity index (χ3v) is 6.15. The van der Waals surface area contributed by atoms with Crippen LogP contribution in [0.25, 0.3) is 0 Å². The predicted molar refractivity (Wildman–Crippen MR) is 124 cm³/mol. The van der Waals surface area contributed by atoms with E-state index in [1.807, 2.05) is 6.92 Å². The van der Waals surface area contributed by atoms with Crippen molar-refractivity contribution in [2.24, 2.45) is 5.92 Å². The van der Waals surface area contributed by atoms with Crippen LogP contribution in [0.15, 0.2) is 24.3 Å².